The topological polar surface area (TPSA) is 69.1 Å². The maximum atomic E-state index is 9.80. The summed E-state index contributed by atoms with van der Waals surface area (Å²) in [6, 6.07) is 6.48. The van der Waals surface area contributed by atoms with Crippen LogP contribution >= 0.6 is 24.0 Å². The molecule has 28 heavy (non-hydrogen) atoms. The zero-order chi connectivity index (χ0) is 20.2. The van der Waals surface area contributed by atoms with Crippen molar-refractivity contribution in [3.05, 3.63) is 23.8 Å². The number of hydrogen-bond acceptors (Lipinski definition) is 4. The Labute approximate surface area is 188 Å². The van der Waals surface area contributed by atoms with Gasteiger partial charge in [-0.3, -0.25) is 4.90 Å². The van der Waals surface area contributed by atoms with E-state index in [-0.39, 0.29) is 29.7 Å². The zero-order valence-electron chi connectivity index (χ0n) is 18.3. The first kappa shape index (κ1) is 26.8. The second-order valence-corrected chi connectivity index (χ2v) is 7.14. The van der Waals surface area contributed by atoms with Crippen LogP contribution in [0.25, 0.3) is 0 Å². The molecule has 0 unspecified atom stereocenters. The number of nitrogens with zero attached hydrogens (tertiary/aromatic N) is 2. The Morgan fingerprint density at radius 2 is 1.82 bits per heavy atom. The number of rotatable bonds is 11. The van der Waals surface area contributed by atoms with Crippen molar-refractivity contribution >= 4 is 29.9 Å². The Morgan fingerprint density at radius 3 is 2.39 bits per heavy atom. The molecule has 0 fully saturated rings. The van der Waals surface area contributed by atoms with Crippen LogP contribution in [0.15, 0.2) is 23.2 Å². The zero-order valence-corrected chi connectivity index (χ0v) is 20.6. The van der Waals surface area contributed by atoms with Gasteiger partial charge in [-0.2, -0.15) is 0 Å². The smallest absolute Gasteiger partial charge is 0.191 e. The van der Waals surface area contributed by atoms with Gasteiger partial charge in [-0.25, -0.2) is 4.99 Å². The molecule has 0 radical (unpaired) electrons. The van der Waals surface area contributed by atoms with Gasteiger partial charge in [-0.1, -0.05) is 6.07 Å². The number of halogens is 1. The average Bonchev–Trinajstić information content (AvgIpc) is 2.61. The lowest BCUT2D eigenvalue weighted by Crippen LogP contribution is -2.41. The molecule has 6 nitrogen and oxygen atoms in total. The van der Waals surface area contributed by atoms with Gasteiger partial charge in [0.1, 0.15) is 0 Å². The first-order valence-corrected chi connectivity index (χ1v) is 10.1. The highest BCUT2D eigenvalue weighted by atomic mass is 127. The summed E-state index contributed by atoms with van der Waals surface area (Å²) in [5, 5.41) is 16.5. The summed E-state index contributed by atoms with van der Waals surface area (Å²) < 4.78 is 5.44. The van der Waals surface area contributed by atoms with Crippen molar-refractivity contribution in [2.24, 2.45) is 4.99 Å². The summed E-state index contributed by atoms with van der Waals surface area (Å²) in [7, 11) is 0. The van der Waals surface area contributed by atoms with Gasteiger partial charge in [-0.15, -0.1) is 24.0 Å². The van der Waals surface area contributed by atoms with E-state index in [9.17, 15) is 5.11 Å². The van der Waals surface area contributed by atoms with Crippen LogP contribution in [0, 0.1) is 0 Å². The summed E-state index contributed by atoms with van der Waals surface area (Å²) in [5.41, 5.74) is 0.999. The molecule has 0 spiro atoms. The van der Waals surface area contributed by atoms with Crippen molar-refractivity contribution in [1.29, 1.82) is 0 Å². The van der Waals surface area contributed by atoms with Crippen LogP contribution in [0.4, 0.5) is 0 Å². The SMILES string of the molecule is CCNC(=NCc1ccc(O)c(OCC)c1)NCCCN(C(C)C)C(C)C.I. The number of aromatic hydroxyl groups is 1. The van der Waals surface area contributed by atoms with Crippen LogP contribution < -0.4 is 15.4 Å². The molecule has 162 valence electrons. The van der Waals surface area contributed by atoms with E-state index >= 15 is 0 Å². The molecule has 0 atom stereocenters. The van der Waals surface area contributed by atoms with E-state index < -0.39 is 0 Å². The number of ether oxygens (including phenoxy) is 1. The van der Waals surface area contributed by atoms with Crippen molar-refractivity contribution < 1.29 is 9.84 Å². The molecular weight excluding hydrogens is 467 g/mol. The van der Waals surface area contributed by atoms with Crippen LogP contribution in [0.2, 0.25) is 0 Å². The molecule has 0 saturated heterocycles. The Kier molecular flexibility index (Phi) is 14.1. The summed E-state index contributed by atoms with van der Waals surface area (Å²) in [6.45, 7) is 16.7. The van der Waals surface area contributed by atoms with E-state index in [1.807, 2.05) is 19.1 Å². The van der Waals surface area contributed by atoms with Gasteiger partial charge in [0.25, 0.3) is 0 Å². The van der Waals surface area contributed by atoms with E-state index in [0.29, 0.717) is 31.0 Å². The number of guanidine groups is 1. The van der Waals surface area contributed by atoms with Crippen LogP contribution in [0.5, 0.6) is 11.5 Å². The third-order valence-corrected chi connectivity index (χ3v) is 4.30. The minimum absolute atomic E-state index is 0. The lowest BCUT2D eigenvalue weighted by molar-refractivity contribution is 0.173. The van der Waals surface area contributed by atoms with Crippen molar-refractivity contribution in [1.82, 2.24) is 15.5 Å². The third-order valence-electron chi connectivity index (χ3n) is 4.30. The van der Waals surface area contributed by atoms with E-state index in [1.54, 1.807) is 6.07 Å². The number of phenols is 1. The van der Waals surface area contributed by atoms with Gasteiger partial charge >= 0.3 is 0 Å². The van der Waals surface area contributed by atoms with Crippen molar-refractivity contribution in [3.63, 3.8) is 0 Å². The molecule has 0 aliphatic heterocycles. The quantitative estimate of drug-likeness (QED) is 0.183. The first-order chi connectivity index (χ1) is 12.9. The summed E-state index contributed by atoms with van der Waals surface area (Å²) in [6.07, 6.45) is 1.06. The molecule has 0 aliphatic carbocycles. The summed E-state index contributed by atoms with van der Waals surface area (Å²) in [5.74, 6) is 1.48. The van der Waals surface area contributed by atoms with Gasteiger partial charge in [0.15, 0.2) is 17.5 Å². The standard InChI is InChI=1S/C21H38N4O2.HI/c1-7-22-21(23-12-9-13-25(16(3)4)17(5)6)24-15-18-10-11-19(26)20(14-18)27-8-2;/h10-11,14,16-17,26H,7-9,12-13,15H2,1-6H3,(H2,22,23,24);1H. The lowest BCUT2D eigenvalue weighted by atomic mass is 10.2. The minimum atomic E-state index is 0. The van der Waals surface area contributed by atoms with Gasteiger partial charge < -0.3 is 20.5 Å². The number of aliphatic imine (C=N–C) groups is 1. The predicted molar refractivity (Wildman–Crippen MR) is 129 cm³/mol. The van der Waals surface area contributed by atoms with Crippen LogP contribution in [-0.4, -0.2) is 54.3 Å². The van der Waals surface area contributed by atoms with Crippen molar-refractivity contribution in [2.45, 2.75) is 66.6 Å². The van der Waals surface area contributed by atoms with Crippen LogP contribution in [-0.2, 0) is 6.54 Å². The van der Waals surface area contributed by atoms with Crippen molar-refractivity contribution in [3.8, 4) is 11.5 Å². The molecule has 7 heteroatoms. The second-order valence-electron chi connectivity index (χ2n) is 7.14. The number of benzene rings is 1. The highest BCUT2D eigenvalue weighted by molar-refractivity contribution is 14.0. The lowest BCUT2D eigenvalue weighted by Gasteiger charge is -2.30. The van der Waals surface area contributed by atoms with E-state index in [1.165, 1.54) is 0 Å². The molecule has 0 heterocycles. The molecule has 1 aromatic carbocycles. The average molecular weight is 506 g/mol. The fourth-order valence-corrected chi connectivity index (χ4v) is 3.02. The van der Waals surface area contributed by atoms with Crippen molar-refractivity contribution in [2.75, 3.05) is 26.2 Å². The normalized spacial score (nSPS) is 11.7. The second kappa shape index (κ2) is 14.7. The third kappa shape index (κ3) is 9.82. The Bertz CT molecular complexity index is 572. The highest BCUT2D eigenvalue weighted by Crippen LogP contribution is 2.27. The maximum absolute atomic E-state index is 9.80. The molecule has 1 aromatic rings. The van der Waals surface area contributed by atoms with Crippen LogP contribution in [0.3, 0.4) is 0 Å². The molecule has 0 amide bonds. The van der Waals surface area contributed by atoms with E-state index in [0.717, 1.165) is 37.6 Å². The van der Waals surface area contributed by atoms with E-state index in [2.05, 4.69) is 55.1 Å². The maximum Gasteiger partial charge on any atom is 0.191 e. The molecule has 0 saturated carbocycles. The van der Waals surface area contributed by atoms with Crippen LogP contribution in [0.1, 0.15) is 53.5 Å². The number of nitrogens with one attached hydrogen (secondary N) is 2. The summed E-state index contributed by atoms with van der Waals surface area (Å²) >= 11 is 0. The molecule has 0 aromatic heterocycles. The highest BCUT2D eigenvalue weighted by Gasteiger charge is 2.12. The monoisotopic (exact) mass is 506 g/mol. The van der Waals surface area contributed by atoms with E-state index in [4.69, 9.17) is 4.74 Å². The fraction of sp³-hybridized carbons (Fsp3) is 0.667. The molecule has 1 rings (SSSR count). The Hall–Kier alpha value is -1.22. The number of phenolic OH excluding ortho intramolecular Hbond substituents is 1. The predicted octanol–water partition coefficient (Wildman–Crippen LogP) is 3.97. The number of hydrogen-bond donors (Lipinski definition) is 3. The minimum Gasteiger partial charge on any atom is -0.504 e. The van der Waals surface area contributed by atoms with Gasteiger partial charge in [0.05, 0.1) is 13.2 Å². The Morgan fingerprint density at radius 1 is 1.14 bits per heavy atom. The largest absolute Gasteiger partial charge is 0.504 e. The molecule has 3 N–H and O–H groups in total. The van der Waals surface area contributed by atoms with Gasteiger partial charge in [0, 0.05) is 31.7 Å². The molecule has 0 bridgehead atoms. The molecule has 0 aliphatic rings. The fourth-order valence-electron chi connectivity index (χ4n) is 3.02. The molecular formula is C21H39IN4O2. The van der Waals surface area contributed by atoms with Gasteiger partial charge in [0.2, 0.25) is 0 Å². The first-order valence-electron chi connectivity index (χ1n) is 10.1. The summed E-state index contributed by atoms with van der Waals surface area (Å²) in [4.78, 5) is 7.14. The van der Waals surface area contributed by atoms with Gasteiger partial charge in [-0.05, 0) is 65.7 Å². The Balaban J connectivity index is 0.00000729.